The molecule has 5 aromatic rings. The summed E-state index contributed by atoms with van der Waals surface area (Å²) in [6, 6.07) is 20.4. The zero-order valence-corrected chi connectivity index (χ0v) is 28.9. The number of aliphatic hydroxyl groups excluding tert-OH is 1. The van der Waals surface area contributed by atoms with Gasteiger partial charge in [0.2, 0.25) is 0 Å². The predicted molar refractivity (Wildman–Crippen MR) is 173 cm³/mol. The van der Waals surface area contributed by atoms with Crippen molar-refractivity contribution in [3.05, 3.63) is 77.4 Å². The van der Waals surface area contributed by atoms with Gasteiger partial charge in [0.25, 0.3) is 0 Å². The van der Waals surface area contributed by atoms with Crippen LogP contribution in [0.5, 0.6) is 0 Å². The van der Waals surface area contributed by atoms with Crippen molar-refractivity contribution in [2.75, 3.05) is 0 Å². The summed E-state index contributed by atoms with van der Waals surface area (Å²) < 4.78 is 2.11. The second-order valence-electron chi connectivity index (χ2n) is 11.6. The van der Waals surface area contributed by atoms with Crippen molar-refractivity contribution in [1.29, 1.82) is 0 Å². The van der Waals surface area contributed by atoms with Crippen LogP contribution in [0.2, 0.25) is 0 Å². The first-order valence-electron chi connectivity index (χ1n) is 14.7. The smallest absolute Gasteiger partial charge is 0.172 e. The van der Waals surface area contributed by atoms with Crippen molar-refractivity contribution in [3.63, 3.8) is 0 Å². The third-order valence-electron chi connectivity index (χ3n) is 7.83. The average Bonchev–Trinajstić information content (AvgIpc) is 3.55. The molecule has 0 fully saturated rings. The molecule has 0 unspecified atom stereocenters. The van der Waals surface area contributed by atoms with Crippen molar-refractivity contribution in [1.82, 2.24) is 13.8 Å². The molecule has 0 bridgehead atoms. The number of pyridine rings is 1. The van der Waals surface area contributed by atoms with Gasteiger partial charge in [-0.05, 0) is 43.2 Å². The van der Waals surface area contributed by atoms with Crippen LogP contribution in [0.15, 0.2) is 65.7 Å². The van der Waals surface area contributed by atoms with Gasteiger partial charge in [-0.1, -0.05) is 95.2 Å². The summed E-state index contributed by atoms with van der Waals surface area (Å²) in [5.41, 5.74) is 6.09. The minimum Gasteiger partial charge on any atom is -0.512 e. The summed E-state index contributed by atoms with van der Waals surface area (Å²) >= 11 is 1.64. The molecule has 0 spiro atoms. The Kier molecular flexibility index (Phi) is 11.6. The number of allylic oxidation sites excluding steroid dienone is 2. The first-order chi connectivity index (χ1) is 19.6. The number of hydrogen-bond donors (Lipinski definition) is 1. The largest absolute Gasteiger partial charge is 0.512 e. The molecular weight excluding hydrogens is 719 g/mol. The Balaban J connectivity index is 0.000000263. The minimum absolute atomic E-state index is 0. The van der Waals surface area contributed by atoms with Gasteiger partial charge in [-0.25, -0.2) is 8.77 Å². The molecule has 3 aromatic heterocycles. The first-order valence-corrected chi connectivity index (χ1v) is 15.6. The van der Waals surface area contributed by atoms with E-state index in [0.29, 0.717) is 0 Å². The summed E-state index contributed by atoms with van der Waals surface area (Å²) in [5, 5.41) is 14.2. The molecule has 7 heteroatoms. The minimum atomic E-state index is 0. The number of hydrogen-bond acceptors (Lipinski definition) is 5. The van der Waals surface area contributed by atoms with Gasteiger partial charge < -0.3 is 5.11 Å². The summed E-state index contributed by atoms with van der Waals surface area (Å²) in [6.45, 7) is 14.8. The van der Waals surface area contributed by atoms with Crippen LogP contribution in [-0.4, -0.2) is 24.6 Å². The predicted octanol–water partition coefficient (Wildman–Crippen LogP) is 9.73. The van der Waals surface area contributed by atoms with Crippen LogP contribution in [0.3, 0.4) is 0 Å². The molecular formula is C35H42IrN3O2S-. The van der Waals surface area contributed by atoms with Crippen molar-refractivity contribution in [2.45, 2.75) is 79.6 Å². The molecule has 0 aliphatic rings. The molecule has 5 rings (SSSR count). The fraction of sp³-hybridized carbons (Fsp3) is 0.400. The van der Waals surface area contributed by atoms with Gasteiger partial charge >= 0.3 is 0 Å². The number of benzene rings is 2. The van der Waals surface area contributed by atoms with Gasteiger partial charge in [0, 0.05) is 49.1 Å². The molecule has 0 saturated heterocycles. The fourth-order valence-corrected chi connectivity index (χ4v) is 6.02. The molecule has 2 aromatic carbocycles. The number of carbonyl (C=O) groups is 1. The molecule has 3 heterocycles. The Bertz CT molecular complexity index is 1670. The van der Waals surface area contributed by atoms with E-state index in [1.54, 1.807) is 11.5 Å². The van der Waals surface area contributed by atoms with E-state index in [1.807, 2.05) is 39.1 Å². The van der Waals surface area contributed by atoms with E-state index in [2.05, 4.69) is 78.1 Å². The standard InChI is InChI=1S/C22H18N3S.C13H24O2.Ir/c1-22(2,3)17-13-15(12-14-6-4-5-7-16(14)17)18-8-9-19-21(23-18)24-20-10-11-26-25(19)20;1-5-10(6-2)12(14)9-13(15)11(7-3)8-4;/h4-11,13H,1-3H3;9-11,14H,5-8H2,1-4H3;/q-1;;/b;12-9-;. The van der Waals surface area contributed by atoms with Crippen LogP contribution in [0.4, 0.5) is 0 Å². The van der Waals surface area contributed by atoms with E-state index in [4.69, 9.17) is 4.98 Å². The van der Waals surface area contributed by atoms with Crippen LogP contribution in [-0.2, 0) is 30.3 Å². The van der Waals surface area contributed by atoms with E-state index >= 15 is 0 Å². The molecule has 42 heavy (non-hydrogen) atoms. The summed E-state index contributed by atoms with van der Waals surface area (Å²) in [7, 11) is 0. The zero-order chi connectivity index (χ0) is 29.7. The van der Waals surface area contributed by atoms with Crippen LogP contribution >= 0.6 is 11.5 Å². The van der Waals surface area contributed by atoms with Crippen molar-refractivity contribution in [3.8, 4) is 11.3 Å². The second-order valence-corrected chi connectivity index (χ2v) is 12.5. The molecule has 1 radical (unpaired) electrons. The number of aliphatic hydroxyl groups is 1. The van der Waals surface area contributed by atoms with Gasteiger partial charge in [-0.15, -0.1) is 29.1 Å². The Morgan fingerprint density at radius 3 is 2.29 bits per heavy atom. The first kappa shape index (κ1) is 33.6. The Morgan fingerprint density at radius 1 is 0.976 bits per heavy atom. The third kappa shape index (κ3) is 7.37. The van der Waals surface area contributed by atoms with Crippen LogP contribution in [0, 0.1) is 17.9 Å². The number of fused-ring (bicyclic) bond motifs is 4. The van der Waals surface area contributed by atoms with Gasteiger partial charge in [-0.3, -0.25) is 9.78 Å². The van der Waals surface area contributed by atoms with E-state index in [0.717, 1.165) is 59.1 Å². The van der Waals surface area contributed by atoms with Gasteiger partial charge in [0.05, 0.1) is 5.76 Å². The normalized spacial score (nSPS) is 12.2. The molecule has 0 saturated carbocycles. The quantitative estimate of drug-likeness (QED) is 0.0972. The number of imidazole rings is 1. The summed E-state index contributed by atoms with van der Waals surface area (Å²) in [5.74, 6) is 0.547. The molecule has 0 amide bonds. The SMILES string of the molecule is CC(C)(C)c1cc(-c2ccc3c(n2)nc2ccsn23)[c-]c2ccccc12.CCC(CC)C(=O)/C=C(\O)C(CC)CC.[Ir]. The maximum absolute atomic E-state index is 11.7. The van der Waals surface area contributed by atoms with Crippen LogP contribution in [0.1, 0.15) is 79.7 Å². The number of rotatable bonds is 8. The van der Waals surface area contributed by atoms with Gasteiger partial charge in [0.15, 0.2) is 11.4 Å². The number of aromatic nitrogens is 3. The topological polar surface area (TPSA) is 67.5 Å². The number of ketones is 1. The average molecular weight is 761 g/mol. The number of nitrogens with zero attached hydrogens (tertiary/aromatic N) is 3. The zero-order valence-electron chi connectivity index (χ0n) is 25.7. The maximum atomic E-state index is 11.7. The van der Waals surface area contributed by atoms with Crippen LogP contribution in [0.25, 0.3) is 38.8 Å². The van der Waals surface area contributed by atoms with E-state index in [-0.39, 0.29) is 48.9 Å². The van der Waals surface area contributed by atoms with Crippen LogP contribution < -0.4 is 0 Å². The second kappa shape index (κ2) is 14.5. The summed E-state index contributed by atoms with van der Waals surface area (Å²) in [6.07, 6.45) is 4.91. The Hall–Kier alpha value is -2.86. The fourth-order valence-electron chi connectivity index (χ4n) is 5.25. The van der Waals surface area contributed by atoms with Crippen molar-refractivity contribution < 1.29 is 30.0 Å². The molecule has 0 aliphatic heterocycles. The maximum Gasteiger partial charge on any atom is 0.172 e. The number of carbonyl (C=O) groups excluding carboxylic acids is 1. The van der Waals surface area contributed by atoms with Crippen molar-refractivity contribution >= 4 is 44.9 Å². The summed E-state index contributed by atoms with van der Waals surface area (Å²) in [4.78, 5) is 21.2. The van der Waals surface area contributed by atoms with Gasteiger partial charge in [0.1, 0.15) is 11.2 Å². The van der Waals surface area contributed by atoms with E-state index in [9.17, 15) is 9.90 Å². The molecule has 5 nitrogen and oxygen atoms in total. The van der Waals surface area contributed by atoms with Crippen molar-refractivity contribution in [2.24, 2.45) is 11.8 Å². The molecule has 0 atom stereocenters. The Morgan fingerprint density at radius 2 is 1.64 bits per heavy atom. The molecule has 225 valence electrons. The Labute approximate surface area is 267 Å². The van der Waals surface area contributed by atoms with Gasteiger partial charge in [-0.2, -0.15) is 0 Å². The monoisotopic (exact) mass is 761 g/mol. The third-order valence-corrected chi connectivity index (χ3v) is 8.68. The van der Waals surface area contributed by atoms with E-state index in [1.165, 1.54) is 17.0 Å². The molecule has 0 aliphatic carbocycles. The molecule has 1 N–H and O–H groups in total. The van der Waals surface area contributed by atoms with E-state index < -0.39 is 0 Å².